The third-order valence-electron chi connectivity index (χ3n) is 3.44. The molecule has 4 nitrogen and oxygen atoms in total. The summed E-state index contributed by atoms with van der Waals surface area (Å²) in [6, 6.07) is 0.821. The van der Waals surface area contributed by atoms with Gasteiger partial charge < -0.3 is 11.1 Å². The van der Waals surface area contributed by atoms with Crippen LogP contribution in [0.4, 0.5) is 0 Å². The Balaban J connectivity index is 2.51. The zero-order chi connectivity index (χ0) is 13.7. The first-order valence-corrected chi connectivity index (χ1v) is 7.19. The number of amides is 1. The highest BCUT2D eigenvalue weighted by Crippen LogP contribution is 2.31. The highest BCUT2D eigenvalue weighted by molar-refractivity contribution is 5.76. The predicted octanol–water partition coefficient (Wildman–Crippen LogP) is 1.35. The second-order valence-electron chi connectivity index (χ2n) is 6.05. The topological polar surface area (TPSA) is 58.4 Å². The second-order valence-corrected chi connectivity index (χ2v) is 6.05. The van der Waals surface area contributed by atoms with Crippen molar-refractivity contribution in [3.63, 3.8) is 0 Å². The Morgan fingerprint density at radius 3 is 2.33 bits per heavy atom. The van der Waals surface area contributed by atoms with Crippen molar-refractivity contribution >= 4 is 5.91 Å². The first kappa shape index (κ1) is 15.4. The standard InChI is InChI=1S/C14H29N3O/c1-10(2)16-14(18)7-13(8-15)17(11(3)4)9-12-5-6-12/h10-13H,5-9,15H2,1-4H3,(H,16,18). The fraction of sp³-hybridized carbons (Fsp3) is 0.929. The summed E-state index contributed by atoms with van der Waals surface area (Å²) >= 11 is 0. The third kappa shape index (κ3) is 5.36. The van der Waals surface area contributed by atoms with Crippen molar-refractivity contribution in [1.82, 2.24) is 10.2 Å². The van der Waals surface area contributed by atoms with Crippen molar-refractivity contribution in [3.8, 4) is 0 Å². The lowest BCUT2D eigenvalue weighted by Crippen LogP contribution is -2.48. The number of hydrogen-bond acceptors (Lipinski definition) is 3. The molecule has 1 aliphatic rings. The van der Waals surface area contributed by atoms with Crippen LogP contribution in [0.5, 0.6) is 0 Å². The first-order valence-electron chi connectivity index (χ1n) is 7.19. The van der Waals surface area contributed by atoms with E-state index in [0.717, 1.165) is 12.5 Å². The van der Waals surface area contributed by atoms with E-state index < -0.39 is 0 Å². The van der Waals surface area contributed by atoms with E-state index in [1.807, 2.05) is 13.8 Å². The molecular formula is C14H29N3O. The number of nitrogens with two attached hydrogens (primary N) is 1. The molecule has 18 heavy (non-hydrogen) atoms. The molecule has 4 heteroatoms. The molecule has 0 spiro atoms. The Hall–Kier alpha value is -0.610. The van der Waals surface area contributed by atoms with Crippen molar-refractivity contribution in [2.45, 2.75) is 65.1 Å². The summed E-state index contributed by atoms with van der Waals surface area (Å²) in [5, 5.41) is 2.95. The number of hydrogen-bond donors (Lipinski definition) is 2. The first-order chi connectivity index (χ1) is 8.43. The van der Waals surface area contributed by atoms with Gasteiger partial charge in [0.25, 0.3) is 0 Å². The summed E-state index contributed by atoms with van der Waals surface area (Å²) in [5.74, 6) is 0.941. The molecule has 0 aliphatic heterocycles. The Labute approximate surface area is 111 Å². The Bertz CT molecular complexity index is 262. The van der Waals surface area contributed by atoms with E-state index in [1.165, 1.54) is 12.8 Å². The molecule has 0 heterocycles. The maximum absolute atomic E-state index is 11.9. The molecule has 3 N–H and O–H groups in total. The normalized spacial score (nSPS) is 17.6. The van der Waals surface area contributed by atoms with Gasteiger partial charge in [0.15, 0.2) is 0 Å². The quantitative estimate of drug-likeness (QED) is 0.688. The van der Waals surface area contributed by atoms with Crippen LogP contribution in [0.1, 0.15) is 47.0 Å². The summed E-state index contributed by atoms with van der Waals surface area (Å²) in [4.78, 5) is 14.3. The zero-order valence-electron chi connectivity index (χ0n) is 12.3. The van der Waals surface area contributed by atoms with Gasteiger partial charge in [-0.3, -0.25) is 9.69 Å². The second kappa shape index (κ2) is 7.10. The van der Waals surface area contributed by atoms with Gasteiger partial charge in [-0.25, -0.2) is 0 Å². The molecule has 1 rings (SSSR count). The van der Waals surface area contributed by atoms with Gasteiger partial charge in [-0.2, -0.15) is 0 Å². The summed E-state index contributed by atoms with van der Waals surface area (Å²) in [5.41, 5.74) is 5.87. The van der Waals surface area contributed by atoms with Gasteiger partial charge in [-0.05, 0) is 46.5 Å². The Morgan fingerprint density at radius 2 is 1.94 bits per heavy atom. The lowest BCUT2D eigenvalue weighted by molar-refractivity contribution is -0.123. The number of rotatable bonds is 8. The molecule has 0 radical (unpaired) electrons. The summed E-state index contributed by atoms with van der Waals surface area (Å²) in [7, 11) is 0. The molecule has 0 saturated heterocycles. The van der Waals surface area contributed by atoms with Crippen molar-refractivity contribution in [1.29, 1.82) is 0 Å². The van der Waals surface area contributed by atoms with Gasteiger partial charge >= 0.3 is 0 Å². The minimum Gasteiger partial charge on any atom is -0.354 e. The Morgan fingerprint density at radius 1 is 1.33 bits per heavy atom. The van der Waals surface area contributed by atoms with Crippen LogP contribution >= 0.6 is 0 Å². The van der Waals surface area contributed by atoms with Crippen molar-refractivity contribution in [2.24, 2.45) is 11.7 Å². The highest BCUT2D eigenvalue weighted by Gasteiger charge is 2.30. The van der Waals surface area contributed by atoms with Crippen LogP contribution in [0.2, 0.25) is 0 Å². The predicted molar refractivity (Wildman–Crippen MR) is 75.3 cm³/mol. The van der Waals surface area contributed by atoms with E-state index in [2.05, 4.69) is 24.1 Å². The largest absolute Gasteiger partial charge is 0.354 e. The smallest absolute Gasteiger partial charge is 0.221 e. The number of nitrogens with one attached hydrogen (secondary N) is 1. The SMILES string of the molecule is CC(C)NC(=O)CC(CN)N(CC1CC1)C(C)C. The van der Waals surface area contributed by atoms with E-state index >= 15 is 0 Å². The molecule has 0 aromatic heterocycles. The summed E-state index contributed by atoms with van der Waals surface area (Å²) in [6.07, 6.45) is 3.18. The minimum absolute atomic E-state index is 0.113. The zero-order valence-corrected chi connectivity index (χ0v) is 12.3. The summed E-state index contributed by atoms with van der Waals surface area (Å²) in [6.45, 7) is 9.99. The van der Waals surface area contributed by atoms with Crippen LogP contribution in [0, 0.1) is 5.92 Å². The van der Waals surface area contributed by atoms with Gasteiger partial charge in [0.2, 0.25) is 5.91 Å². The average Bonchev–Trinajstić information content (AvgIpc) is 3.05. The van der Waals surface area contributed by atoms with Crippen LogP contribution in [0.15, 0.2) is 0 Å². The maximum Gasteiger partial charge on any atom is 0.221 e. The van der Waals surface area contributed by atoms with E-state index in [4.69, 9.17) is 5.73 Å². The van der Waals surface area contributed by atoms with Gasteiger partial charge in [0, 0.05) is 37.6 Å². The van der Waals surface area contributed by atoms with Gasteiger partial charge in [-0.1, -0.05) is 0 Å². The molecule has 1 aliphatic carbocycles. The van der Waals surface area contributed by atoms with E-state index in [0.29, 0.717) is 19.0 Å². The third-order valence-corrected chi connectivity index (χ3v) is 3.44. The number of carbonyl (C=O) groups excluding carboxylic acids is 1. The fourth-order valence-corrected chi connectivity index (χ4v) is 2.31. The molecule has 1 atom stereocenters. The average molecular weight is 255 g/mol. The molecular weight excluding hydrogens is 226 g/mol. The molecule has 0 aromatic carbocycles. The van der Waals surface area contributed by atoms with Crippen LogP contribution in [-0.4, -0.2) is 42.0 Å². The van der Waals surface area contributed by atoms with E-state index in [1.54, 1.807) is 0 Å². The van der Waals surface area contributed by atoms with Crippen LogP contribution in [0.25, 0.3) is 0 Å². The molecule has 1 saturated carbocycles. The van der Waals surface area contributed by atoms with E-state index in [9.17, 15) is 4.79 Å². The van der Waals surface area contributed by atoms with E-state index in [-0.39, 0.29) is 18.0 Å². The van der Waals surface area contributed by atoms with Crippen molar-refractivity contribution in [3.05, 3.63) is 0 Å². The fourth-order valence-electron chi connectivity index (χ4n) is 2.31. The van der Waals surface area contributed by atoms with Crippen molar-refractivity contribution < 1.29 is 4.79 Å². The molecule has 0 aromatic rings. The molecule has 1 fully saturated rings. The molecule has 106 valence electrons. The minimum atomic E-state index is 0.113. The van der Waals surface area contributed by atoms with Crippen molar-refractivity contribution in [2.75, 3.05) is 13.1 Å². The summed E-state index contributed by atoms with van der Waals surface area (Å²) < 4.78 is 0. The number of carbonyl (C=O) groups is 1. The van der Waals surface area contributed by atoms with Crippen LogP contribution < -0.4 is 11.1 Å². The van der Waals surface area contributed by atoms with Gasteiger partial charge in [0.05, 0.1) is 0 Å². The Kier molecular flexibility index (Phi) is 6.09. The van der Waals surface area contributed by atoms with Crippen LogP contribution in [0.3, 0.4) is 0 Å². The maximum atomic E-state index is 11.9. The number of nitrogens with zero attached hydrogens (tertiary/aromatic N) is 1. The lowest BCUT2D eigenvalue weighted by Gasteiger charge is -2.34. The van der Waals surface area contributed by atoms with Gasteiger partial charge in [-0.15, -0.1) is 0 Å². The molecule has 1 amide bonds. The van der Waals surface area contributed by atoms with Gasteiger partial charge in [0.1, 0.15) is 0 Å². The van der Waals surface area contributed by atoms with Crippen LogP contribution in [-0.2, 0) is 4.79 Å². The highest BCUT2D eigenvalue weighted by atomic mass is 16.1. The molecule has 1 unspecified atom stereocenters. The molecule has 0 bridgehead atoms. The monoisotopic (exact) mass is 255 g/mol. The lowest BCUT2D eigenvalue weighted by atomic mass is 10.1.